The summed E-state index contributed by atoms with van der Waals surface area (Å²) in [7, 11) is 0. The number of thioether (sulfide) groups is 1. The maximum Gasteiger partial charge on any atom is 0.225 e. The van der Waals surface area contributed by atoms with E-state index in [9.17, 15) is 0 Å². The van der Waals surface area contributed by atoms with Gasteiger partial charge in [0.15, 0.2) is 0 Å². The molecule has 5 heteroatoms. The molecule has 0 radical (unpaired) electrons. The van der Waals surface area contributed by atoms with Crippen LogP contribution in [0, 0.1) is 0 Å². The van der Waals surface area contributed by atoms with Crippen molar-refractivity contribution in [1.82, 2.24) is 9.97 Å². The predicted octanol–water partition coefficient (Wildman–Crippen LogP) is 3.62. The van der Waals surface area contributed by atoms with Crippen LogP contribution in [-0.2, 0) is 0 Å². The Morgan fingerprint density at radius 2 is 2.00 bits per heavy atom. The highest BCUT2D eigenvalue weighted by atomic mass is 32.2. The molecule has 0 aliphatic rings. The van der Waals surface area contributed by atoms with Crippen molar-refractivity contribution in [2.75, 3.05) is 28.7 Å². The summed E-state index contributed by atoms with van der Waals surface area (Å²) in [6.07, 6.45) is 0. The van der Waals surface area contributed by atoms with E-state index >= 15 is 0 Å². The molecule has 2 N–H and O–H groups in total. The molecule has 1 aromatic heterocycles. The third-order valence-electron chi connectivity index (χ3n) is 2.89. The van der Waals surface area contributed by atoms with E-state index in [-0.39, 0.29) is 0 Å². The molecule has 4 nitrogen and oxygen atoms in total. The van der Waals surface area contributed by atoms with Crippen LogP contribution in [-0.4, -0.2) is 34.1 Å². The summed E-state index contributed by atoms with van der Waals surface area (Å²) < 4.78 is 0. The van der Waals surface area contributed by atoms with E-state index in [2.05, 4.69) is 40.5 Å². The van der Waals surface area contributed by atoms with Crippen molar-refractivity contribution in [3.05, 3.63) is 24.3 Å². The van der Waals surface area contributed by atoms with Crippen molar-refractivity contribution in [1.29, 1.82) is 0 Å². The Hall–Kier alpha value is -1.49. The minimum Gasteiger partial charge on any atom is -0.366 e. The van der Waals surface area contributed by atoms with Crippen LogP contribution in [0.1, 0.15) is 20.8 Å². The number of benzene rings is 1. The lowest BCUT2D eigenvalue weighted by molar-refractivity contribution is 0.903. The third-order valence-corrected chi connectivity index (χ3v) is 4.04. The maximum atomic E-state index is 4.60. The highest BCUT2D eigenvalue weighted by Crippen LogP contribution is 2.22. The zero-order valence-corrected chi connectivity index (χ0v) is 13.1. The van der Waals surface area contributed by atoms with E-state index in [1.165, 1.54) is 0 Å². The molecule has 0 spiro atoms. The number of hydrogen-bond donors (Lipinski definition) is 2. The molecule has 1 atom stereocenters. The van der Waals surface area contributed by atoms with Crippen LogP contribution in [0.15, 0.2) is 24.3 Å². The molecule has 2 rings (SSSR count). The summed E-state index contributed by atoms with van der Waals surface area (Å²) in [4.78, 5) is 9.12. The molecule has 0 bridgehead atoms. The first kappa shape index (κ1) is 14.9. The van der Waals surface area contributed by atoms with Gasteiger partial charge in [0.1, 0.15) is 5.82 Å². The molecule has 0 saturated heterocycles. The van der Waals surface area contributed by atoms with Gasteiger partial charge in [0.2, 0.25) is 5.95 Å². The quantitative estimate of drug-likeness (QED) is 0.815. The van der Waals surface area contributed by atoms with Crippen molar-refractivity contribution in [3.8, 4) is 0 Å². The van der Waals surface area contributed by atoms with E-state index in [4.69, 9.17) is 0 Å². The Morgan fingerprint density at radius 3 is 2.75 bits per heavy atom. The standard InChI is InChI=1S/C15H22N4S/c1-4-16-15-18-13-9-7-6-8-12(13)14(19-15)17-11(3)10-20-5-2/h6-9,11H,4-5,10H2,1-3H3,(H2,16,17,18,19). The number of para-hydroxylation sites is 1. The van der Waals surface area contributed by atoms with Crippen LogP contribution >= 0.6 is 11.8 Å². The molecule has 0 amide bonds. The fraction of sp³-hybridized carbons (Fsp3) is 0.467. The molecule has 108 valence electrons. The Morgan fingerprint density at radius 1 is 1.20 bits per heavy atom. The van der Waals surface area contributed by atoms with E-state index in [0.29, 0.717) is 12.0 Å². The number of fused-ring (bicyclic) bond motifs is 1. The van der Waals surface area contributed by atoms with Crippen LogP contribution in [0.5, 0.6) is 0 Å². The van der Waals surface area contributed by atoms with E-state index in [1.807, 2.05) is 36.9 Å². The second-order valence-electron chi connectivity index (χ2n) is 4.65. The van der Waals surface area contributed by atoms with Gasteiger partial charge in [-0.15, -0.1) is 0 Å². The highest BCUT2D eigenvalue weighted by Gasteiger charge is 2.09. The second kappa shape index (κ2) is 7.33. The van der Waals surface area contributed by atoms with Gasteiger partial charge in [-0.1, -0.05) is 19.1 Å². The lowest BCUT2D eigenvalue weighted by atomic mass is 10.2. The largest absolute Gasteiger partial charge is 0.366 e. The molecule has 2 aromatic rings. The number of nitrogens with zero attached hydrogens (tertiary/aromatic N) is 2. The normalized spacial score (nSPS) is 12.3. The SMILES string of the molecule is CCNc1nc(NC(C)CSCC)c2ccccc2n1. The number of nitrogens with one attached hydrogen (secondary N) is 2. The molecule has 1 unspecified atom stereocenters. The zero-order chi connectivity index (χ0) is 14.4. The first-order valence-corrected chi connectivity index (χ1v) is 8.25. The molecule has 0 aliphatic carbocycles. The van der Waals surface area contributed by atoms with Crippen molar-refractivity contribution >= 4 is 34.4 Å². The maximum absolute atomic E-state index is 4.60. The topological polar surface area (TPSA) is 49.8 Å². The second-order valence-corrected chi connectivity index (χ2v) is 5.97. The van der Waals surface area contributed by atoms with E-state index < -0.39 is 0 Å². The minimum atomic E-state index is 0.382. The summed E-state index contributed by atoms with van der Waals surface area (Å²) in [6.45, 7) is 7.23. The average molecular weight is 290 g/mol. The van der Waals surface area contributed by atoms with Gasteiger partial charge in [0, 0.05) is 23.7 Å². The molecule has 0 fully saturated rings. The summed E-state index contributed by atoms with van der Waals surface area (Å²) >= 11 is 1.93. The van der Waals surface area contributed by atoms with Gasteiger partial charge in [-0.05, 0) is 31.7 Å². The molecule has 1 aromatic carbocycles. The number of rotatable bonds is 7. The summed E-state index contributed by atoms with van der Waals surface area (Å²) in [5, 5.41) is 7.77. The summed E-state index contributed by atoms with van der Waals surface area (Å²) in [5.74, 6) is 3.81. The minimum absolute atomic E-state index is 0.382. The van der Waals surface area contributed by atoms with Crippen molar-refractivity contribution < 1.29 is 0 Å². The van der Waals surface area contributed by atoms with Crippen LogP contribution in [0.4, 0.5) is 11.8 Å². The van der Waals surface area contributed by atoms with Crippen molar-refractivity contribution in [2.24, 2.45) is 0 Å². The van der Waals surface area contributed by atoms with Gasteiger partial charge >= 0.3 is 0 Å². The van der Waals surface area contributed by atoms with Crippen LogP contribution in [0.25, 0.3) is 10.9 Å². The first-order chi connectivity index (χ1) is 9.74. The van der Waals surface area contributed by atoms with Crippen LogP contribution in [0.3, 0.4) is 0 Å². The van der Waals surface area contributed by atoms with Gasteiger partial charge in [0.05, 0.1) is 5.52 Å². The summed E-state index contributed by atoms with van der Waals surface area (Å²) in [6, 6.07) is 8.50. The van der Waals surface area contributed by atoms with Crippen LogP contribution < -0.4 is 10.6 Å². The van der Waals surface area contributed by atoms with Gasteiger partial charge in [0.25, 0.3) is 0 Å². The Bertz CT molecular complexity index is 559. The van der Waals surface area contributed by atoms with Gasteiger partial charge in [-0.25, -0.2) is 4.98 Å². The van der Waals surface area contributed by atoms with Crippen molar-refractivity contribution in [3.63, 3.8) is 0 Å². The van der Waals surface area contributed by atoms with Crippen molar-refractivity contribution in [2.45, 2.75) is 26.8 Å². The first-order valence-electron chi connectivity index (χ1n) is 7.09. The lowest BCUT2D eigenvalue weighted by Crippen LogP contribution is -2.19. The van der Waals surface area contributed by atoms with Gasteiger partial charge in [-0.3, -0.25) is 0 Å². The Kier molecular flexibility index (Phi) is 5.47. The van der Waals surface area contributed by atoms with Gasteiger partial charge in [-0.2, -0.15) is 16.7 Å². The summed E-state index contributed by atoms with van der Waals surface area (Å²) in [5.41, 5.74) is 0.969. The molecular weight excluding hydrogens is 268 g/mol. The Balaban J connectivity index is 2.29. The smallest absolute Gasteiger partial charge is 0.225 e. The fourth-order valence-electron chi connectivity index (χ4n) is 1.99. The van der Waals surface area contributed by atoms with Crippen LogP contribution in [0.2, 0.25) is 0 Å². The number of aromatic nitrogens is 2. The molecule has 0 saturated carbocycles. The zero-order valence-electron chi connectivity index (χ0n) is 12.3. The number of anilines is 2. The fourth-order valence-corrected chi connectivity index (χ4v) is 2.67. The highest BCUT2D eigenvalue weighted by molar-refractivity contribution is 7.99. The Labute approximate surface area is 124 Å². The van der Waals surface area contributed by atoms with Gasteiger partial charge < -0.3 is 10.6 Å². The predicted molar refractivity (Wildman–Crippen MR) is 89.8 cm³/mol. The van der Waals surface area contributed by atoms with E-state index in [0.717, 1.165) is 34.8 Å². The number of hydrogen-bond acceptors (Lipinski definition) is 5. The average Bonchev–Trinajstić information content (AvgIpc) is 2.45. The molecule has 1 heterocycles. The molecule has 0 aliphatic heterocycles. The monoisotopic (exact) mass is 290 g/mol. The van der Waals surface area contributed by atoms with E-state index in [1.54, 1.807) is 0 Å². The molecular formula is C15H22N4S. The third kappa shape index (κ3) is 3.76. The molecule has 20 heavy (non-hydrogen) atoms. The lowest BCUT2D eigenvalue weighted by Gasteiger charge is -2.16.